The summed E-state index contributed by atoms with van der Waals surface area (Å²) in [5.41, 5.74) is 1.42. The van der Waals surface area contributed by atoms with Gasteiger partial charge in [0.05, 0.1) is 5.75 Å². The molecule has 0 bridgehead atoms. The molecule has 1 atom stereocenters. The number of carbonyl (C=O) groups excluding carboxylic acids is 2. The van der Waals surface area contributed by atoms with Gasteiger partial charge in [0.15, 0.2) is 0 Å². The van der Waals surface area contributed by atoms with Crippen molar-refractivity contribution in [3.05, 3.63) is 24.3 Å². The zero-order valence-corrected chi connectivity index (χ0v) is 12.2. The number of anilines is 2. The van der Waals surface area contributed by atoms with Crippen molar-refractivity contribution in [3.63, 3.8) is 0 Å². The van der Waals surface area contributed by atoms with Crippen LogP contribution in [0.3, 0.4) is 0 Å². The lowest BCUT2D eigenvalue weighted by Crippen LogP contribution is -2.26. The van der Waals surface area contributed by atoms with E-state index < -0.39 is 0 Å². The highest BCUT2D eigenvalue weighted by Crippen LogP contribution is 2.17. The van der Waals surface area contributed by atoms with E-state index >= 15 is 0 Å². The first-order valence-electron chi connectivity index (χ1n) is 6.50. The second kappa shape index (κ2) is 7.31. The third-order valence-corrected chi connectivity index (χ3v) is 3.48. The molecule has 0 unspecified atom stereocenters. The fraction of sp³-hybridized carbons (Fsp3) is 0.429. The van der Waals surface area contributed by atoms with Crippen LogP contribution < -0.4 is 10.6 Å². The van der Waals surface area contributed by atoms with Gasteiger partial charge in [0.2, 0.25) is 5.91 Å². The molecule has 20 heavy (non-hydrogen) atoms. The molecule has 0 saturated carbocycles. The van der Waals surface area contributed by atoms with Crippen molar-refractivity contribution >= 4 is 35.0 Å². The monoisotopic (exact) mass is 294 g/mol. The molecule has 1 aromatic rings. The summed E-state index contributed by atoms with van der Waals surface area (Å²) in [6, 6.07) is 7.07. The first-order chi connectivity index (χ1) is 9.69. The SMILES string of the molecule is CSCC(=O)Nc1ccc(NC(=O)[C@H]2CCCO2)cc1. The smallest absolute Gasteiger partial charge is 0.253 e. The molecule has 2 amide bonds. The van der Waals surface area contributed by atoms with Gasteiger partial charge in [-0.05, 0) is 43.4 Å². The number of hydrogen-bond acceptors (Lipinski definition) is 4. The predicted molar refractivity (Wildman–Crippen MR) is 81.1 cm³/mol. The van der Waals surface area contributed by atoms with Crippen molar-refractivity contribution in [2.24, 2.45) is 0 Å². The molecule has 1 aromatic carbocycles. The Bertz CT molecular complexity index is 470. The highest BCUT2D eigenvalue weighted by Gasteiger charge is 2.23. The molecule has 2 rings (SSSR count). The number of rotatable bonds is 5. The van der Waals surface area contributed by atoms with E-state index in [4.69, 9.17) is 4.74 Å². The molecular formula is C14H18N2O3S. The molecule has 5 nitrogen and oxygen atoms in total. The summed E-state index contributed by atoms with van der Waals surface area (Å²) in [4.78, 5) is 23.3. The minimum atomic E-state index is -0.337. The van der Waals surface area contributed by atoms with Gasteiger partial charge in [-0.2, -0.15) is 11.8 Å². The zero-order valence-electron chi connectivity index (χ0n) is 11.3. The van der Waals surface area contributed by atoms with E-state index in [9.17, 15) is 9.59 Å². The summed E-state index contributed by atoms with van der Waals surface area (Å²) in [7, 11) is 0. The second-order valence-electron chi connectivity index (χ2n) is 4.55. The zero-order chi connectivity index (χ0) is 14.4. The molecule has 108 valence electrons. The van der Waals surface area contributed by atoms with Crippen molar-refractivity contribution in [2.45, 2.75) is 18.9 Å². The minimum Gasteiger partial charge on any atom is -0.368 e. The first kappa shape index (κ1) is 14.9. The van der Waals surface area contributed by atoms with Crippen LogP contribution in [-0.4, -0.2) is 36.5 Å². The molecule has 1 saturated heterocycles. The Morgan fingerprint density at radius 2 is 1.90 bits per heavy atom. The van der Waals surface area contributed by atoms with Crippen LogP contribution in [0.15, 0.2) is 24.3 Å². The van der Waals surface area contributed by atoms with Crippen LogP contribution in [0.2, 0.25) is 0 Å². The lowest BCUT2D eigenvalue weighted by atomic mass is 10.2. The molecule has 0 radical (unpaired) electrons. The molecule has 6 heteroatoms. The van der Waals surface area contributed by atoms with Gasteiger partial charge in [0.1, 0.15) is 6.10 Å². The Kier molecular flexibility index (Phi) is 5.43. The van der Waals surface area contributed by atoms with E-state index in [0.29, 0.717) is 18.0 Å². The van der Waals surface area contributed by atoms with Gasteiger partial charge in [0, 0.05) is 18.0 Å². The Morgan fingerprint density at radius 3 is 2.45 bits per heavy atom. The van der Waals surface area contributed by atoms with Gasteiger partial charge in [0.25, 0.3) is 5.91 Å². The van der Waals surface area contributed by atoms with Gasteiger partial charge >= 0.3 is 0 Å². The quantitative estimate of drug-likeness (QED) is 0.873. The standard InChI is InChI=1S/C14H18N2O3S/c1-20-9-13(17)15-10-4-6-11(7-5-10)16-14(18)12-3-2-8-19-12/h4-7,12H,2-3,8-9H2,1H3,(H,15,17)(H,16,18)/t12-/m1/s1. The van der Waals surface area contributed by atoms with Crippen LogP contribution in [0.5, 0.6) is 0 Å². The number of ether oxygens (including phenoxy) is 1. The van der Waals surface area contributed by atoms with Crippen LogP contribution in [0, 0.1) is 0 Å². The Morgan fingerprint density at radius 1 is 1.25 bits per heavy atom. The molecule has 1 heterocycles. The van der Waals surface area contributed by atoms with E-state index in [1.807, 2.05) is 6.26 Å². The first-order valence-corrected chi connectivity index (χ1v) is 7.90. The number of carbonyl (C=O) groups is 2. The number of thioether (sulfide) groups is 1. The molecule has 0 spiro atoms. The van der Waals surface area contributed by atoms with Crippen LogP contribution >= 0.6 is 11.8 Å². The van der Waals surface area contributed by atoms with Gasteiger partial charge in [-0.1, -0.05) is 0 Å². The maximum Gasteiger partial charge on any atom is 0.253 e. The van der Waals surface area contributed by atoms with Gasteiger partial charge in [-0.3, -0.25) is 9.59 Å². The van der Waals surface area contributed by atoms with Crippen molar-refractivity contribution < 1.29 is 14.3 Å². The van der Waals surface area contributed by atoms with E-state index in [0.717, 1.165) is 18.5 Å². The number of amides is 2. The Balaban J connectivity index is 1.87. The summed E-state index contributed by atoms with van der Waals surface area (Å²) in [6.45, 7) is 0.651. The second-order valence-corrected chi connectivity index (χ2v) is 5.42. The van der Waals surface area contributed by atoms with E-state index in [1.54, 1.807) is 24.3 Å². The van der Waals surface area contributed by atoms with E-state index in [2.05, 4.69) is 10.6 Å². The van der Waals surface area contributed by atoms with Crippen LogP contribution in [0.4, 0.5) is 11.4 Å². The summed E-state index contributed by atoms with van der Waals surface area (Å²) < 4.78 is 5.32. The van der Waals surface area contributed by atoms with Crippen molar-refractivity contribution in [1.82, 2.24) is 0 Å². The van der Waals surface area contributed by atoms with Crippen LogP contribution in [-0.2, 0) is 14.3 Å². The fourth-order valence-corrected chi connectivity index (χ4v) is 2.31. The minimum absolute atomic E-state index is 0.0337. The lowest BCUT2D eigenvalue weighted by molar-refractivity contribution is -0.124. The Labute approximate surface area is 122 Å². The summed E-state index contributed by atoms with van der Waals surface area (Å²) >= 11 is 1.47. The van der Waals surface area contributed by atoms with Crippen molar-refractivity contribution in [1.29, 1.82) is 0 Å². The Hall–Kier alpha value is -1.53. The fourth-order valence-electron chi connectivity index (χ4n) is 1.97. The molecule has 1 aliphatic rings. The van der Waals surface area contributed by atoms with E-state index in [1.165, 1.54) is 11.8 Å². The molecule has 1 fully saturated rings. The van der Waals surface area contributed by atoms with Crippen LogP contribution in [0.25, 0.3) is 0 Å². The largest absolute Gasteiger partial charge is 0.368 e. The topological polar surface area (TPSA) is 67.4 Å². The average Bonchev–Trinajstić information content (AvgIpc) is 2.95. The van der Waals surface area contributed by atoms with Gasteiger partial charge < -0.3 is 15.4 Å². The predicted octanol–water partition coefficient (Wildman–Crippen LogP) is 2.11. The summed E-state index contributed by atoms with van der Waals surface area (Å²) in [5.74, 6) is 0.285. The van der Waals surface area contributed by atoms with Crippen molar-refractivity contribution in [2.75, 3.05) is 29.2 Å². The summed E-state index contributed by atoms with van der Waals surface area (Å²) in [6.07, 6.45) is 3.24. The third kappa shape index (κ3) is 4.25. The maximum atomic E-state index is 11.9. The number of hydrogen-bond donors (Lipinski definition) is 2. The highest BCUT2D eigenvalue weighted by molar-refractivity contribution is 7.99. The molecule has 2 N–H and O–H groups in total. The van der Waals surface area contributed by atoms with Gasteiger partial charge in [-0.25, -0.2) is 0 Å². The molecule has 1 aliphatic heterocycles. The number of benzene rings is 1. The van der Waals surface area contributed by atoms with Gasteiger partial charge in [-0.15, -0.1) is 0 Å². The average molecular weight is 294 g/mol. The van der Waals surface area contributed by atoms with Crippen molar-refractivity contribution in [3.8, 4) is 0 Å². The molecular weight excluding hydrogens is 276 g/mol. The maximum absolute atomic E-state index is 11.9. The number of nitrogens with one attached hydrogen (secondary N) is 2. The lowest BCUT2D eigenvalue weighted by Gasteiger charge is -2.11. The third-order valence-electron chi connectivity index (χ3n) is 2.93. The van der Waals surface area contributed by atoms with E-state index in [-0.39, 0.29) is 17.9 Å². The van der Waals surface area contributed by atoms with Crippen LogP contribution in [0.1, 0.15) is 12.8 Å². The molecule has 0 aliphatic carbocycles. The summed E-state index contributed by atoms with van der Waals surface area (Å²) in [5, 5.41) is 5.59. The molecule has 0 aromatic heterocycles. The normalized spacial score (nSPS) is 17.8. The highest BCUT2D eigenvalue weighted by atomic mass is 32.2.